The van der Waals surface area contributed by atoms with Crippen molar-refractivity contribution in [2.45, 2.75) is 45.3 Å². The number of nitrogens with one attached hydrogen (secondary N) is 1. The number of rotatable bonds is 6. The molecule has 1 aromatic carbocycles. The summed E-state index contributed by atoms with van der Waals surface area (Å²) in [5.41, 5.74) is 0. The first-order valence-corrected chi connectivity index (χ1v) is 8.89. The van der Waals surface area contributed by atoms with Crippen LogP contribution in [0, 0.1) is 0 Å². The van der Waals surface area contributed by atoms with E-state index in [1.807, 2.05) is 0 Å². The van der Waals surface area contributed by atoms with Gasteiger partial charge in [-0.15, -0.1) is 0 Å². The van der Waals surface area contributed by atoms with Gasteiger partial charge in [0.05, 0.1) is 5.02 Å². The molecule has 0 bridgehead atoms. The van der Waals surface area contributed by atoms with Gasteiger partial charge in [-0.1, -0.05) is 30.1 Å². The zero-order chi connectivity index (χ0) is 16.8. The summed E-state index contributed by atoms with van der Waals surface area (Å²) in [5.74, 6) is 0.362. The fraction of sp³-hybridized carbons (Fsp3) is 0.588. The molecule has 1 aliphatic heterocycles. The van der Waals surface area contributed by atoms with E-state index in [0.29, 0.717) is 15.8 Å². The summed E-state index contributed by atoms with van der Waals surface area (Å²) >= 11 is 11.9. The average Bonchev–Trinajstić information content (AvgIpc) is 2.52. The summed E-state index contributed by atoms with van der Waals surface area (Å²) in [4.78, 5) is 14.7. The van der Waals surface area contributed by atoms with Crippen LogP contribution in [0.2, 0.25) is 10.0 Å². The van der Waals surface area contributed by atoms with Crippen molar-refractivity contribution in [3.8, 4) is 5.75 Å². The summed E-state index contributed by atoms with van der Waals surface area (Å²) < 4.78 is 5.65. The molecule has 1 aliphatic rings. The molecule has 1 atom stereocenters. The van der Waals surface area contributed by atoms with Gasteiger partial charge in [-0.3, -0.25) is 4.79 Å². The van der Waals surface area contributed by atoms with Crippen molar-refractivity contribution in [1.29, 1.82) is 0 Å². The van der Waals surface area contributed by atoms with Gasteiger partial charge in [0.15, 0.2) is 6.10 Å². The van der Waals surface area contributed by atoms with Gasteiger partial charge < -0.3 is 15.0 Å². The van der Waals surface area contributed by atoms with Crippen LogP contribution in [-0.4, -0.2) is 42.6 Å². The second kappa shape index (κ2) is 8.76. The molecule has 23 heavy (non-hydrogen) atoms. The van der Waals surface area contributed by atoms with Gasteiger partial charge in [-0.05, 0) is 50.9 Å². The van der Waals surface area contributed by atoms with Crippen molar-refractivity contribution in [2.24, 2.45) is 0 Å². The second-order valence-corrected chi connectivity index (χ2v) is 6.80. The lowest BCUT2D eigenvalue weighted by atomic mass is 10.0. The molecule has 4 nitrogen and oxygen atoms in total. The van der Waals surface area contributed by atoms with E-state index in [4.69, 9.17) is 27.9 Å². The van der Waals surface area contributed by atoms with E-state index < -0.39 is 6.10 Å². The summed E-state index contributed by atoms with van der Waals surface area (Å²) in [6.07, 6.45) is 2.55. The van der Waals surface area contributed by atoms with E-state index >= 15 is 0 Å². The smallest absolute Gasteiger partial charge is 0.260 e. The number of likely N-dealkylation sites (tertiary alicyclic amines) is 1. The number of carbonyl (C=O) groups excluding carboxylic acids is 1. The Labute approximate surface area is 148 Å². The van der Waals surface area contributed by atoms with E-state index in [9.17, 15) is 4.79 Å². The van der Waals surface area contributed by atoms with Crippen molar-refractivity contribution in [2.75, 3.05) is 19.6 Å². The minimum atomic E-state index is -0.595. The van der Waals surface area contributed by atoms with E-state index in [-0.39, 0.29) is 11.9 Å². The molecule has 1 N–H and O–H groups in total. The molecule has 0 saturated carbocycles. The minimum absolute atomic E-state index is 0.107. The highest BCUT2D eigenvalue weighted by molar-refractivity contribution is 6.35. The maximum Gasteiger partial charge on any atom is 0.260 e. The second-order valence-electron chi connectivity index (χ2n) is 5.96. The maximum absolute atomic E-state index is 12.3. The molecule has 0 aromatic heterocycles. The monoisotopic (exact) mass is 358 g/mol. The topological polar surface area (TPSA) is 41.6 Å². The molecular weight excluding hydrogens is 335 g/mol. The number of benzene rings is 1. The first-order valence-electron chi connectivity index (χ1n) is 8.14. The largest absolute Gasteiger partial charge is 0.479 e. The highest BCUT2D eigenvalue weighted by Gasteiger charge is 2.23. The Morgan fingerprint density at radius 1 is 1.39 bits per heavy atom. The van der Waals surface area contributed by atoms with Gasteiger partial charge in [0, 0.05) is 24.2 Å². The van der Waals surface area contributed by atoms with Crippen molar-refractivity contribution in [3.05, 3.63) is 28.2 Å². The number of nitrogens with zero attached hydrogens (tertiary/aromatic N) is 1. The van der Waals surface area contributed by atoms with Crippen LogP contribution in [0.5, 0.6) is 5.75 Å². The van der Waals surface area contributed by atoms with Crippen LogP contribution in [-0.2, 0) is 4.79 Å². The SMILES string of the molecule is CCCN1CCC(NC(=O)C(C)Oc2ccc(Cl)cc2Cl)CC1. The Hall–Kier alpha value is -0.970. The summed E-state index contributed by atoms with van der Waals surface area (Å²) in [5, 5.41) is 4.02. The average molecular weight is 359 g/mol. The zero-order valence-electron chi connectivity index (χ0n) is 13.6. The number of carbonyl (C=O) groups is 1. The molecule has 0 radical (unpaired) electrons. The number of hydrogen-bond acceptors (Lipinski definition) is 3. The van der Waals surface area contributed by atoms with Gasteiger partial charge in [-0.2, -0.15) is 0 Å². The number of ether oxygens (including phenoxy) is 1. The predicted molar refractivity (Wildman–Crippen MR) is 94.4 cm³/mol. The van der Waals surface area contributed by atoms with E-state index in [1.54, 1.807) is 25.1 Å². The highest BCUT2D eigenvalue weighted by Crippen LogP contribution is 2.28. The van der Waals surface area contributed by atoms with Gasteiger partial charge in [0.1, 0.15) is 5.75 Å². The van der Waals surface area contributed by atoms with Gasteiger partial charge in [0.25, 0.3) is 5.91 Å². The summed E-state index contributed by atoms with van der Waals surface area (Å²) in [6, 6.07) is 5.20. The normalized spacial score (nSPS) is 17.7. The van der Waals surface area contributed by atoms with Crippen LogP contribution in [0.3, 0.4) is 0 Å². The fourth-order valence-electron chi connectivity index (χ4n) is 2.75. The zero-order valence-corrected chi connectivity index (χ0v) is 15.2. The first kappa shape index (κ1) is 18.4. The standard InChI is InChI=1S/C17H24Cl2N2O2/c1-3-8-21-9-6-14(7-10-21)20-17(22)12(2)23-16-5-4-13(18)11-15(16)19/h4-5,11-12,14H,3,6-10H2,1-2H3,(H,20,22). The van der Waals surface area contributed by atoms with Crippen LogP contribution >= 0.6 is 23.2 Å². The fourth-order valence-corrected chi connectivity index (χ4v) is 3.20. The van der Waals surface area contributed by atoms with Crippen LogP contribution in [0.25, 0.3) is 0 Å². The lowest BCUT2D eigenvalue weighted by molar-refractivity contribution is -0.128. The molecular formula is C17H24Cl2N2O2. The molecule has 1 saturated heterocycles. The van der Waals surface area contributed by atoms with E-state index in [2.05, 4.69) is 17.1 Å². The molecule has 0 aliphatic carbocycles. The lowest BCUT2D eigenvalue weighted by Gasteiger charge is -2.32. The van der Waals surface area contributed by atoms with E-state index in [0.717, 1.165) is 32.5 Å². The Morgan fingerprint density at radius 3 is 2.70 bits per heavy atom. The molecule has 1 aromatic rings. The number of hydrogen-bond donors (Lipinski definition) is 1. The number of amides is 1. The number of piperidine rings is 1. The van der Waals surface area contributed by atoms with Crippen LogP contribution < -0.4 is 10.1 Å². The lowest BCUT2D eigenvalue weighted by Crippen LogP contribution is -2.48. The molecule has 1 unspecified atom stereocenters. The predicted octanol–water partition coefficient (Wildman–Crippen LogP) is 3.75. The highest BCUT2D eigenvalue weighted by atomic mass is 35.5. The van der Waals surface area contributed by atoms with Crippen LogP contribution in [0.1, 0.15) is 33.1 Å². The third-order valence-electron chi connectivity index (χ3n) is 4.04. The molecule has 1 fully saturated rings. The molecule has 6 heteroatoms. The summed E-state index contributed by atoms with van der Waals surface area (Å²) in [7, 11) is 0. The quantitative estimate of drug-likeness (QED) is 0.841. The maximum atomic E-state index is 12.3. The number of halogens is 2. The van der Waals surface area contributed by atoms with Gasteiger partial charge >= 0.3 is 0 Å². The first-order chi connectivity index (χ1) is 11.0. The molecule has 0 spiro atoms. The Morgan fingerprint density at radius 2 is 2.09 bits per heavy atom. The summed E-state index contributed by atoms with van der Waals surface area (Å²) in [6.45, 7) is 7.13. The Kier molecular flexibility index (Phi) is 7.00. The third kappa shape index (κ3) is 5.55. The van der Waals surface area contributed by atoms with Crippen molar-refractivity contribution < 1.29 is 9.53 Å². The van der Waals surface area contributed by atoms with Crippen molar-refractivity contribution in [1.82, 2.24) is 10.2 Å². The van der Waals surface area contributed by atoms with Crippen LogP contribution in [0.4, 0.5) is 0 Å². The Bertz CT molecular complexity index is 531. The van der Waals surface area contributed by atoms with Crippen molar-refractivity contribution >= 4 is 29.1 Å². The molecule has 1 amide bonds. The minimum Gasteiger partial charge on any atom is -0.479 e. The van der Waals surface area contributed by atoms with Crippen molar-refractivity contribution in [3.63, 3.8) is 0 Å². The Balaban J connectivity index is 1.81. The van der Waals surface area contributed by atoms with Crippen LogP contribution in [0.15, 0.2) is 18.2 Å². The van der Waals surface area contributed by atoms with E-state index in [1.165, 1.54) is 6.42 Å². The molecule has 128 valence electrons. The molecule has 1 heterocycles. The van der Waals surface area contributed by atoms with Gasteiger partial charge in [-0.25, -0.2) is 0 Å². The third-order valence-corrected chi connectivity index (χ3v) is 4.57. The van der Waals surface area contributed by atoms with Gasteiger partial charge in [0.2, 0.25) is 0 Å². The molecule has 2 rings (SSSR count).